The Morgan fingerprint density at radius 2 is 1.92 bits per heavy atom. The Bertz CT molecular complexity index is 1010. The summed E-state index contributed by atoms with van der Waals surface area (Å²) < 4.78 is 2.01. The van der Waals surface area contributed by atoms with Crippen molar-refractivity contribution in [3.05, 3.63) is 75.5 Å². The zero-order valence-electron chi connectivity index (χ0n) is 14.5. The van der Waals surface area contributed by atoms with Crippen LogP contribution in [0.5, 0.6) is 0 Å². The van der Waals surface area contributed by atoms with Crippen molar-refractivity contribution in [1.29, 1.82) is 0 Å². The number of benzene rings is 2. The van der Waals surface area contributed by atoms with Crippen LogP contribution in [0.25, 0.3) is 10.9 Å². The van der Waals surface area contributed by atoms with Crippen molar-refractivity contribution in [1.82, 2.24) is 9.47 Å². The Labute approximate surface area is 150 Å². The van der Waals surface area contributed by atoms with E-state index in [2.05, 4.69) is 0 Å². The summed E-state index contributed by atoms with van der Waals surface area (Å²) in [5.74, 6) is -0.0210. The summed E-state index contributed by atoms with van der Waals surface area (Å²) >= 11 is 0. The van der Waals surface area contributed by atoms with Gasteiger partial charge < -0.3 is 9.47 Å². The quantitative estimate of drug-likeness (QED) is 0.536. The molecular formula is C20H19N3O3. The summed E-state index contributed by atoms with van der Waals surface area (Å²) in [6.45, 7) is 1.25. The first kappa shape index (κ1) is 16.3. The molecule has 0 saturated heterocycles. The van der Waals surface area contributed by atoms with Crippen LogP contribution < -0.4 is 0 Å². The minimum absolute atomic E-state index is 0.0210. The monoisotopic (exact) mass is 349 g/mol. The number of rotatable bonds is 3. The van der Waals surface area contributed by atoms with Gasteiger partial charge >= 0.3 is 0 Å². The van der Waals surface area contributed by atoms with Crippen LogP contribution in [0.15, 0.2) is 48.5 Å². The molecule has 6 heteroatoms. The number of non-ortho nitro benzene ring substituents is 1. The molecule has 0 aliphatic carbocycles. The molecule has 2 aromatic carbocycles. The molecule has 0 spiro atoms. The van der Waals surface area contributed by atoms with Gasteiger partial charge in [0.05, 0.1) is 4.92 Å². The summed E-state index contributed by atoms with van der Waals surface area (Å²) in [4.78, 5) is 25.6. The predicted octanol–water partition coefficient (Wildman–Crippen LogP) is 3.62. The van der Waals surface area contributed by atoms with Crippen molar-refractivity contribution >= 4 is 22.5 Å². The molecule has 1 aliphatic heterocycles. The molecule has 1 aromatic heterocycles. The largest absolute Gasteiger partial charge is 0.340 e. The van der Waals surface area contributed by atoms with E-state index in [1.54, 1.807) is 17.0 Å². The van der Waals surface area contributed by atoms with Crippen molar-refractivity contribution in [2.24, 2.45) is 0 Å². The van der Waals surface area contributed by atoms with Crippen molar-refractivity contribution in [2.45, 2.75) is 19.4 Å². The third-order valence-electron chi connectivity index (χ3n) is 5.02. The lowest BCUT2D eigenvalue weighted by molar-refractivity contribution is -0.384. The average Bonchev–Trinajstić information content (AvgIpc) is 2.85. The highest BCUT2D eigenvalue weighted by Crippen LogP contribution is 2.33. The number of amides is 1. The van der Waals surface area contributed by atoms with E-state index in [1.807, 2.05) is 41.9 Å². The molecule has 0 bridgehead atoms. The number of nitro groups is 1. The average molecular weight is 349 g/mol. The zero-order chi connectivity index (χ0) is 18.3. The first-order valence-corrected chi connectivity index (χ1v) is 8.65. The number of hydrogen-bond acceptors (Lipinski definition) is 3. The summed E-state index contributed by atoms with van der Waals surface area (Å²) in [7, 11) is 1.81. The zero-order valence-corrected chi connectivity index (χ0v) is 14.5. The number of aromatic nitrogens is 1. The molecule has 0 N–H and O–H groups in total. The summed E-state index contributed by atoms with van der Waals surface area (Å²) in [5, 5.41) is 12.0. The molecule has 0 radical (unpaired) electrons. The number of aryl methyl sites for hydroxylation is 1. The number of carbonyl (C=O) groups is 1. The van der Waals surface area contributed by atoms with E-state index >= 15 is 0 Å². The van der Waals surface area contributed by atoms with Gasteiger partial charge in [0.1, 0.15) is 5.69 Å². The van der Waals surface area contributed by atoms with E-state index in [0.717, 1.165) is 34.9 Å². The van der Waals surface area contributed by atoms with E-state index in [0.29, 0.717) is 18.8 Å². The van der Waals surface area contributed by atoms with Crippen LogP contribution in [0, 0.1) is 10.1 Å². The molecule has 4 rings (SSSR count). The van der Waals surface area contributed by atoms with Gasteiger partial charge in [0.15, 0.2) is 0 Å². The lowest BCUT2D eigenvalue weighted by Gasteiger charge is -2.17. The van der Waals surface area contributed by atoms with Gasteiger partial charge in [-0.1, -0.05) is 30.3 Å². The van der Waals surface area contributed by atoms with E-state index in [1.165, 1.54) is 6.07 Å². The topological polar surface area (TPSA) is 68.4 Å². The maximum Gasteiger partial charge on any atom is 0.270 e. The fraction of sp³-hybridized carbons (Fsp3) is 0.250. The lowest BCUT2D eigenvalue weighted by Crippen LogP contribution is -2.28. The lowest BCUT2D eigenvalue weighted by atomic mass is 10.1. The fourth-order valence-electron chi connectivity index (χ4n) is 3.73. The second-order valence-electron chi connectivity index (χ2n) is 6.69. The molecule has 132 valence electrons. The standard InChI is InChI=1S/C20H19N3O3/c1-21-11-5-8-16-17-12-15(23(25)26)9-10-18(17)22(19(16)20(21)24)13-14-6-3-2-4-7-14/h2-4,6-7,9-10,12H,5,8,11,13H2,1H3. The van der Waals surface area contributed by atoms with Crippen molar-refractivity contribution in [3.63, 3.8) is 0 Å². The highest BCUT2D eigenvalue weighted by Gasteiger charge is 2.28. The minimum Gasteiger partial charge on any atom is -0.340 e. The third-order valence-corrected chi connectivity index (χ3v) is 5.02. The van der Waals surface area contributed by atoms with E-state index in [4.69, 9.17) is 0 Å². The molecule has 0 atom stereocenters. The predicted molar refractivity (Wildman–Crippen MR) is 99.4 cm³/mol. The number of hydrogen-bond donors (Lipinski definition) is 0. The summed E-state index contributed by atoms with van der Waals surface area (Å²) in [6.07, 6.45) is 1.59. The molecule has 0 saturated carbocycles. The van der Waals surface area contributed by atoms with Gasteiger partial charge in [-0.3, -0.25) is 14.9 Å². The van der Waals surface area contributed by atoms with Crippen molar-refractivity contribution in [3.8, 4) is 0 Å². The Morgan fingerprint density at radius 3 is 2.65 bits per heavy atom. The molecule has 6 nitrogen and oxygen atoms in total. The van der Waals surface area contributed by atoms with Gasteiger partial charge in [-0.05, 0) is 30.0 Å². The minimum atomic E-state index is -0.384. The van der Waals surface area contributed by atoms with Gasteiger partial charge in [-0.25, -0.2) is 0 Å². The van der Waals surface area contributed by atoms with Gasteiger partial charge in [0, 0.05) is 43.2 Å². The normalized spacial score (nSPS) is 14.3. The van der Waals surface area contributed by atoms with Gasteiger partial charge in [-0.2, -0.15) is 0 Å². The highest BCUT2D eigenvalue weighted by atomic mass is 16.6. The van der Waals surface area contributed by atoms with Gasteiger partial charge in [0.25, 0.3) is 11.6 Å². The smallest absolute Gasteiger partial charge is 0.270 e. The first-order chi connectivity index (χ1) is 12.6. The Hall–Kier alpha value is -3.15. The van der Waals surface area contributed by atoms with E-state index < -0.39 is 0 Å². The van der Waals surface area contributed by atoms with E-state index in [-0.39, 0.29) is 16.5 Å². The van der Waals surface area contributed by atoms with Crippen LogP contribution >= 0.6 is 0 Å². The molecule has 26 heavy (non-hydrogen) atoms. The van der Waals surface area contributed by atoms with Crippen LogP contribution in [0.1, 0.15) is 28.0 Å². The maximum atomic E-state index is 13.0. The Morgan fingerprint density at radius 1 is 1.15 bits per heavy atom. The van der Waals surface area contributed by atoms with Crippen LogP contribution in [0.3, 0.4) is 0 Å². The van der Waals surface area contributed by atoms with Crippen LogP contribution in [0.4, 0.5) is 5.69 Å². The molecule has 0 unspecified atom stereocenters. The van der Waals surface area contributed by atoms with Crippen molar-refractivity contribution in [2.75, 3.05) is 13.6 Å². The number of nitrogens with zero attached hydrogens (tertiary/aromatic N) is 3. The maximum absolute atomic E-state index is 13.0. The Kier molecular flexibility index (Phi) is 3.95. The second-order valence-corrected chi connectivity index (χ2v) is 6.69. The van der Waals surface area contributed by atoms with Crippen LogP contribution in [0.2, 0.25) is 0 Å². The molecule has 2 heterocycles. The third kappa shape index (κ3) is 2.63. The number of carbonyl (C=O) groups excluding carboxylic acids is 1. The molecule has 0 fully saturated rings. The van der Waals surface area contributed by atoms with Crippen LogP contribution in [-0.4, -0.2) is 33.9 Å². The van der Waals surface area contributed by atoms with Gasteiger partial charge in [0.2, 0.25) is 0 Å². The Balaban J connectivity index is 1.98. The summed E-state index contributed by atoms with van der Waals surface area (Å²) in [5.41, 5.74) is 3.60. The fourth-order valence-corrected chi connectivity index (χ4v) is 3.73. The summed E-state index contributed by atoms with van der Waals surface area (Å²) in [6, 6.07) is 14.8. The first-order valence-electron chi connectivity index (χ1n) is 8.65. The second kappa shape index (κ2) is 6.29. The SMILES string of the molecule is CN1CCCc2c(n(Cc3ccccc3)c3ccc([N+](=O)[O-])cc23)C1=O. The van der Waals surface area contributed by atoms with Gasteiger partial charge in [-0.15, -0.1) is 0 Å². The highest BCUT2D eigenvalue weighted by molar-refractivity contribution is 6.02. The van der Waals surface area contributed by atoms with E-state index in [9.17, 15) is 14.9 Å². The molecular weight excluding hydrogens is 330 g/mol. The van der Waals surface area contributed by atoms with Crippen LogP contribution in [-0.2, 0) is 13.0 Å². The molecule has 1 amide bonds. The number of nitro benzene ring substituents is 1. The van der Waals surface area contributed by atoms with Crippen molar-refractivity contribution < 1.29 is 9.72 Å². The molecule has 1 aliphatic rings. The number of fused-ring (bicyclic) bond motifs is 3. The molecule has 3 aromatic rings.